The van der Waals surface area contributed by atoms with Gasteiger partial charge < -0.3 is 43.9 Å². The van der Waals surface area contributed by atoms with Gasteiger partial charge >= 0.3 is 11.9 Å². The molecule has 4 aliphatic rings. The first-order chi connectivity index (χ1) is 32.3. The summed E-state index contributed by atoms with van der Waals surface area (Å²) in [5, 5.41) is 33.3. The number of nitrogens with zero attached hydrogens (tertiary/aromatic N) is 1. The molecule has 3 fully saturated rings. The van der Waals surface area contributed by atoms with E-state index in [9.17, 15) is 34.2 Å². The van der Waals surface area contributed by atoms with Gasteiger partial charge in [-0.15, -0.1) is 6.58 Å². The standard InChI is InChI=1S/C52H75NO13S2/c1-10-13-37-23-30(2)22-31(3)24-43(63-8)48-44(64-9)26-33(5)52(61,66-48)49(58)50(59)53-21-12-11-14-39(53)51(60)65-47(34(6)40(54)29-41(37)55)32(4)25-36-17-20-45(42(27-36)62-7)68-67-38-18-15-35(16-19-38)28-46(56)57/h10,15-16,18-19,23,25,31,33-34,36-37,39-40,42-45,47-48,54,61H,1,11-14,17,20-22,24,26-29H2,2-9H3,(H,56,57)/b30-23+,32-25+/t31-,33+,34+,36-,37+,39-,40-,42+,43-,44-,45?,47+,48+,52+/m0/s1. The van der Waals surface area contributed by atoms with E-state index in [2.05, 4.69) is 12.7 Å². The van der Waals surface area contributed by atoms with Crippen LogP contribution in [0.5, 0.6) is 0 Å². The Balaban J connectivity index is 1.45. The van der Waals surface area contributed by atoms with Crippen LogP contribution in [0, 0.1) is 29.6 Å². The molecule has 3 N–H and O–H groups in total. The van der Waals surface area contributed by atoms with Crippen LogP contribution in [0.2, 0.25) is 0 Å². The highest BCUT2D eigenvalue weighted by Crippen LogP contribution is 2.44. The number of cyclic esters (lactones) is 1. The summed E-state index contributed by atoms with van der Waals surface area (Å²) >= 11 is 0. The molecule has 1 aliphatic carbocycles. The molecule has 1 aromatic rings. The van der Waals surface area contributed by atoms with E-state index in [1.807, 2.05) is 51.1 Å². The molecule has 0 radical (unpaired) electrons. The van der Waals surface area contributed by atoms with Crippen LogP contribution in [0.25, 0.3) is 0 Å². The molecule has 1 aromatic carbocycles. The van der Waals surface area contributed by atoms with E-state index in [0.29, 0.717) is 44.1 Å². The SMILES string of the molecule is C=CC[C@@H]1/C=C(\C)C[C@H](C)C[C@H](OC)[C@H]2O[C@@](O)(C(=O)C(=O)N3CCCC[C@H]3C(=O)O[C@H](/C(C)=C/[C@@H]3CCC(SSc4ccc(CC(=O)O)cc4)[C@H](OC)C3)[C@H](C)[C@@H](O)CC1=O)[C@H](C)C[C@@H]2OC. The summed E-state index contributed by atoms with van der Waals surface area (Å²) in [6.45, 7) is 13.2. The van der Waals surface area contributed by atoms with Gasteiger partial charge in [0.2, 0.25) is 5.79 Å². The number of allylic oxidation sites excluding steroid dienone is 4. The molecular weight excluding hydrogens is 911 g/mol. The number of aliphatic carboxylic acids is 1. The molecule has 1 unspecified atom stereocenters. The number of ether oxygens (including phenoxy) is 5. The monoisotopic (exact) mass is 985 g/mol. The number of fused-ring (bicyclic) bond motifs is 3. The number of piperidine rings is 1. The highest BCUT2D eigenvalue weighted by molar-refractivity contribution is 8.77. The van der Waals surface area contributed by atoms with Gasteiger partial charge in [0.05, 0.1) is 30.8 Å². The van der Waals surface area contributed by atoms with Gasteiger partial charge in [0.15, 0.2) is 0 Å². The largest absolute Gasteiger partial charge is 0.481 e. The minimum absolute atomic E-state index is 0.00264. The maximum absolute atomic E-state index is 14.6. The Morgan fingerprint density at radius 2 is 1.62 bits per heavy atom. The number of hydrogen-bond acceptors (Lipinski definition) is 14. The second kappa shape index (κ2) is 25.7. The van der Waals surface area contributed by atoms with Crippen molar-refractivity contribution in [1.82, 2.24) is 4.90 Å². The Labute approximate surface area is 410 Å². The van der Waals surface area contributed by atoms with Crippen LogP contribution in [0.15, 0.2) is 65.1 Å². The molecular formula is C52H75NO13S2. The van der Waals surface area contributed by atoms with Gasteiger partial charge in [-0.25, -0.2) is 4.79 Å². The number of rotatable bonds is 12. The van der Waals surface area contributed by atoms with Crippen molar-refractivity contribution >= 4 is 51.0 Å². The van der Waals surface area contributed by atoms with E-state index in [4.69, 9.17) is 28.8 Å². The third kappa shape index (κ3) is 14.2. The molecule has 1 amide bonds. The van der Waals surface area contributed by atoms with Crippen molar-refractivity contribution in [2.45, 2.75) is 170 Å². The molecule has 5 rings (SSSR count). The van der Waals surface area contributed by atoms with Gasteiger partial charge in [-0.1, -0.05) is 78.3 Å². The minimum atomic E-state index is -2.53. The topological polar surface area (TPSA) is 195 Å². The van der Waals surface area contributed by atoms with Crippen molar-refractivity contribution in [1.29, 1.82) is 0 Å². The summed E-state index contributed by atoms with van der Waals surface area (Å²) in [7, 11) is 8.09. The first kappa shape index (κ1) is 55.6. The predicted octanol–water partition coefficient (Wildman–Crippen LogP) is 7.71. The Morgan fingerprint density at radius 3 is 2.26 bits per heavy atom. The van der Waals surface area contributed by atoms with E-state index in [1.54, 1.807) is 48.6 Å². The van der Waals surface area contributed by atoms with E-state index in [1.165, 1.54) is 19.1 Å². The fourth-order valence-electron chi connectivity index (χ4n) is 10.5. The molecule has 14 nitrogen and oxygen atoms in total. The van der Waals surface area contributed by atoms with Crippen LogP contribution in [0.1, 0.15) is 111 Å². The Bertz CT molecular complexity index is 1970. The van der Waals surface area contributed by atoms with E-state index >= 15 is 0 Å². The molecule has 1 saturated carbocycles. The Morgan fingerprint density at radius 1 is 0.941 bits per heavy atom. The lowest BCUT2D eigenvalue weighted by Gasteiger charge is -2.47. The van der Waals surface area contributed by atoms with Gasteiger partial charge in [-0.3, -0.25) is 19.2 Å². The number of benzene rings is 1. The number of Topliss-reactive ketones (excluding diaryl/α,β-unsaturated/α-hetero) is 2. The number of methoxy groups -OCH3 is 3. The molecule has 3 aliphatic heterocycles. The number of amides is 1. The number of hydrogen-bond donors (Lipinski definition) is 3. The van der Waals surface area contributed by atoms with Crippen molar-refractivity contribution < 1.29 is 63.0 Å². The Hall–Kier alpha value is -3.35. The molecule has 0 aromatic heterocycles. The summed E-state index contributed by atoms with van der Waals surface area (Å²) in [4.78, 5) is 70.8. The number of carbonyl (C=O) groups is 5. The second-order valence-corrected chi connectivity index (χ2v) is 22.2. The molecule has 14 atom stereocenters. The summed E-state index contributed by atoms with van der Waals surface area (Å²) in [5.41, 5.74) is 2.37. The van der Waals surface area contributed by atoms with Crippen molar-refractivity contribution in [3.05, 3.63) is 65.8 Å². The van der Waals surface area contributed by atoms with Crippen LogP contribution in [-0.2, 0) is 54.1 Å². The normalized spacial score (nSPS) is 36.1. The smallest absolute Gasteiger partial charge is 0.329 e. The van der Waals surface area contributed by atoms with Crippen molar-refractivity contribution in [3.8, 4) is 0 Å². The van der Waals surface area contributed by atoms with Crippen molar-refractivity contribution in [2.75, 3.05) is 27.9 Å². The van der Waals surface area contributed by atoms with Crippen LogP contribution >= 0.6 is 21.6 Å². The summed E-state index contributed by atoms with van der Waals surface area (Å²) in [6.07, 6.45) is 6.29. The zero-order chi connectivity index (χ0) is 49.9. The molecule has 3 heterocycles. The van der Waals surface area contributed by atoms with Crippen LogP contribution in [0.3, 0.4) is 0 Å². The quantitative estimate of drug-likeness (QED) is 0.0797. The molecule has 378 valence electrons. The number of esters is 1. The second-order valence-electron chi connectivity index (χ2n) is 19.6. The molecule has 2 saturated heterocycles. The van der Waals surface area contributed by atoms with E-state index in [-0.39, 0.29) is 61.2 Å². The average molecular weight is 986 g/mol. The number of aliphatic hydroxyl groups is 2. The van der Waals surface area contributed by atoms with E-state index in [0.717, 1.165) is 28.9 Å². The summed E-state index contributed by atoms with van der Waals surface area (Å²) in [6, 6.07) is 6.35. The van der Waals surface area contributed by atoms with Crippen LogP contribution in [-0.4, -0.2) is 131 Å². The van der Waals surface area contributed by atoms with Gasteiger partial charge in [0.25, 0.3) is 11.7 Å². The van der Waals surface area contributed by atoms with E-state index < -0.39 is 83.7 Å². The minimum Gasteiger partial charge on any atom is -0.481 e. The number of carboxylic acid groups (broad SMARTS) is 1. The van der Waals surface area contributed by atoms with Gasteiger partial charge in [-0.2, -0.15) is 0 Å². The van der Waals surface area contributed by atoms with Gasteiger partial charge in [-0.05, 0) is 113 Å². The first-order valence-corrected chi connectivity index (χ1v) is 26.4. The number of aliphatic hydroxyl groups excluding tert-OH is 1. The van der Waals surface area contributed by atoms with Crippen LogP contribution in [0.4, 0.5) is 0 Å². The van der Waals surface area contributed by atoms with Gasteiger partial charge in [0, 0.05) is 62.2 Å². The maximum atomic E-state index is 14.6. The fourth-order valence-corrected chi connectivity index (χ4v) is 13.2. The van der Waals surface area contributed by atoms with Crippen LogP contribution < -0.4 is 0 Å². The predicted molar refractivity (Wildman–Crippen MR) is 262 cm³/mol. The third-order valence-electron chi connectivity index (χ3n) is 14.4. The first-order valence-electron chi connectivity index (χ1n) is 24.2. The van der Waals surface area contributed by atoms with Gasteiger partial charge in [0.1, 0.15) is 24.0 Å². The lowest BCUT2D eigenvalue weighted by Crippen LogP contribution is -2.64. The lowest BCUT2D eigenvalue weighted by molar-refractivity contribution is -0.302. The molecule has 16 heteroatoms. The number of ketones is 2. The average Bonchev–Trinajstić information content (AvgIpc) is 3.31. The molecule has 2 bridgehead atoms. The fraction of sp³-hybridized carbons (Fsp3) is 0.673. The zero-order valence-corrected chi connectivity index (χ0v) is 42.8. The molecule has 0 spiro atoms. The zero-order valence-electron chi connectivity index (χ0n) is 41.1. The number of carboxylic acids is 1. The summed E-state index contributed by atoms with van der Waals surface area (Å²) in [5.74, 6) is -8.67. The highest BCUT2D eigenvalue weighted by Gasteiger charge is 2.56. The Kier molecular flexibility index (Phi) is 21.0. The van der Waals surface area contributed by atoms with Crippen molar-refractivity contribution in [2.24, 2.45) is 29.6 Å². The lowest BCUT2D eigenvalue weighted by atomic mass is 9.82. The summed E-state index contributed by atoms with van der Waals surface area (Å²) < 4.78 is 30.5. The molecule has 68 heavy (non-hydrogen) atoms. The highest BCUT2D eigenvalue weighted by atomic mass is 33.1. The third-order valence-corrected chi connectivity index (χ3v) is 17.3. The van der Waals surface area contributed by atoms with Crippen molar-refractivity contribution in [3.63, 3.8) is 0 Å². The number of carbonyl (C=O) groups excluding carboxylic acids is 4. The maximum Gasteiger partial charge on any atom is 0.329 e.